The van der Waals surface area contributed by atoms with E-state index in [0.29, 0.717) is 11.0 Å². The van der Waals surface area contributed by atoms with Crippen molar-refractivity contribution in [2.24, 2.45) is 9.98 Å². The third-order valence-corrected chi connectivity index (χ3v) is 3.09. The van der Waals surface area contributed by atoms with Crippen molar-refractivity contribution in [2.45, 2.75) is 13.8 Å². The summed E-state index contributed by atoms with van der Waals surface area (Å²) < 4.78 is 0. The molecule has 16 heavy (non-hydrogen) atoms. The van der Waals surface area contributed by atoms with Crippen LogP contribution in [0.3, 0.4) is 0 Å². The Morgan fingerprint density at radius 2 is 1.25 bits per heavy atom. The lowest BCUT2D eigenvalue weighted by molar-refractivity contribution is 1.38. The van der Waals surface area contributed by atoms with Gasteiger partial charge in [0.2, 0.25) is 0 Å². The van der Waals surface area contributed by atoms with E-state index in [-0.39, 0.29) is 0 Å². The molecule has 0 aliphatic carbocycles. The van der Waals surface area contributed by atoms with Crippen molar-refractivity contribution in [1.29, 1.82) is 0 Å². The van der Waals surface area contributed by atoms with Crippen LogP contribution in [0, 0.1) is 13.8 Å². The molecule has 0 saturated carbocycles. The molecule has 1 aromatic carbocycles. The van der Waals surface area contributed by atoms with Crippen molar-refractivity contribution in [1.82, 2.24) is 0 Å². The number of hydrogen-bond acceptors (Lipinski definition) is 2. The van der Waals surface area contributed by atoms with Gasteiger partial charge >= 0.3 is 0 Å². The summed E-state index contributed by atoms with van der Waals surface area (Å²) in [6, 6.07) is 0. The maximum absolute atomic E-state index is 5.73. The van der Waals surface area contributed by atoms with E-state index in [2.05, 4.69) is 9.98 Å². The van der Waals surface area contributed by atoms with Crippen LogP contribution in [0.15, 0.2) is 9.98 Å². The van der Waals surface area contributed by atoms with Gasteiger partial charge in [0.15, 0.2) is 14.6 Å². The Labute approximate surface area is 98.9 Å². The molecular weight excluding hydrogens is 191 g/mol. The molecule has 0 amide bonds. The first kappa shape index (κ1) is 10.0. The van der Waals surface area contributed by atoms with Gasteiger partial charge in [-0.25, -0.2) is 0 Å². The molecule has 2 heterocycles. The van der Waals surface area contributed by atoms with E-state index in [4.69, 9.17) is 15.7 Å². The lowest BCUT2D eigenvalue weighted by Crippen LogP contribution is -2.31. The van der Waals surface area contributed by atoms with Gasteiger partial charge in [-0.3, -0.25) is 9.98 Å². The zero-order valence-electron chi connectivity index (χ0n) is 9.20. The predicted octanol–water partition coefficient (Wildman–Crippen LogP) is -0.698. The Hall–Kier alpha value is -1.18. The van der Waals surface area contributed by atoms with Crippen molar-refractivity contribution >= 4 is 63.6 Å². The zero-order valence-corrected chi connectivity index (χ0v) is 9.20. The molecule has 2 aliphatic rings. The Morgan fingerprint density at radius 1 is 0.812 bits per heavy atom. The third-order valence-electron chi connectivity index (χ3n) is 3.09. The summed E-state index contributed by atoms with van der Waals surface area (Å²) in [5, 5.41) is 0. The second-order valence-corrected chi connectivity index (χ2v) is 4.14. The minimum atomic E-state index is 0.557. The molecule has 0 spiro atoms. The van der Waals surface area contributed by atoms with Gasteiger partial charge in [-0.2, -0.15) is 0 Å². The highest BCUT2D eigenvalue weighted by Gasteiger charge is 2.26. The molecule has 0 fully saturated rings. The van der Waals surface area contributed by atoms with E-state index in [1.807, 2.05) is 28.4 Å². The molecule has 0 atom stereocenters. The highest BCUT2D eigenvalue weighted by Crippen LogP contribution is 2.30. The van der Waals surface area contributed by atoms with E-state index >= 15 is 0 Å². The molecule has 6 radical (unpaired) electrons. The quantitative estimate of drug-likeness (QED) is 0.492. The van der Waals surface area contributed by atoms with Crippen LogP contribution in [0.4, 0.5) is 11.4 Å². The van der Waals surface area contributed by atoms with Crippen LogP contribution in [0.2, 0.25) is 0 Å². The molecular formula is C10H6B4N2. The molecule has 0 saturated heterocycles. The number of aliphatic imine (C=N–C) groups is 2. The van der Waals surface area contributed by atoms with Crippen LogP contribution in [0.1, 0.15) is 11.1 Å². The first-order chi connectivity index (χ1) is 7.58. The fraction of sp³-hybridized carbons (Fsp3) is 0.200. The summed E-state index contributed by atoms with van der Waals surface area (Å²) in [6.45, 7) is 4.05. The van der Waals surface area contributed by atoms with Gasteiger partial charge in [0, 0.05) is 0 Å². The van der Waals surface area contributed by atoms with Gasteiger partial charge in [-0.15, -0.1) is 0 Å². The maximum Gasteiger partial charge on any atom is 0.199 e. The Morgan fingerprint density at radius 3 is 1.69 bits per heavy atom. The predicted molar refractivity (Wildman–Crippen MR) is 72.4 cm³/mol. The van der Waals surface area contributed by atoms with Crippen molar-refractivity contribution in [3.63, 3.8) is 0 Å². The topological polar surface area (TPSA) is 24.7 Å². The monoisotopic (exact) mass is 198 g/mol. The first-order valence-electron chi connectivity index (χ1n) is 5.13. The highest BCUT2D eigenvalue weighted by molar-refractivity contribution is 7.07. The van der Waals surface area contributed by atoms with E-state index in [1.54, 1.807) is 0 Å². The molecule has 0 unspecified atom stereocenters. The lowest BCUT2D eigenvalue weighted by atomic mass is 9.54. The second-order valence-electron chi connectivity index (χ2n) is 4.14. The SMILES string of the molecule is [B]C1=Nc2c(C)c3c(c(C)c2[B]1)[B]C([B])=N3. The number of nitrogens with zero attached hydrogens (tertiary/aromatic N) is 2. The van der Waals surface area contributed by atoms with Crippen molar-refractivity contribution in [3.8, 4) is 0 Å². The van der Waals surface area contributed by atoms with Crippen LogP contribution >= 0.6 is 0 Å². The van der Waals surface area contributed by atoms with Gasteiger partial charge in [0.1, 0.15) is 15.7 Å². The van der Waals surface area contributed by atoms with Gasteiger partial charge in [-0.05, 0) is 19.4 Å². The number of rotatable bonds is 0. The average Bonchev–Trinajstić information content (AvgIpc) is 2.78. The highest BCUT2D eigenvalue weighted by atomic mass is 14.8. The van der Waals surface area contributed by atoms with Gasteiger partial charge in [-0.1, -0.05) is 27.5 Å². The van der Waals surface area contributed by atoms with Crippen LogP contribution in [0.25, 0.3) is 0 Å². The van der Waals surface area contributed by atoms with Crippen molar-refractivity contribution < 1.29 is 0 Å². The molecule has 2 nitrogen and oxygen atoms in total. The molecule has 1 aromatic rings. The summed E-state index contributed by atoms with van der Waals surface area (Å²) in [6.07, 6.45) is 0. The minimum Gasteiger partial charge on any atom is -0.279 e. The number of benzene rings is 1. The summed E-state index contributed by atoms with van der Waals surface area (Å²) in [7, 11) is 15.3. The summed E-state index contributed by atoms with van der Waals surface area (Å²) in [5.74, 6) is 0. The van der Waals surface area contributed by atoms with Crippen LogP contribution in [-0.4, -0.2) is 41.3 Å². The molecule has 3 rings (SSSR count). The average molecular weight is 197 g/mol. The van der Waals surface area contributed by atoms with Gasteiger partial charge in [0.05, 0.1) is 11.4 Å². The molecule has 2 aliphatic heterocycles. The molecule has 0 aromatic heterocycles. The lowest BCUT2D eigenvalue weighted by Gasteiger charge is -2.12. The summed E-state index contributed by atoms with van der Waals surface area (Å²) >= 11 is 0. The van der Waals surface area contributed by atoms with Crippen LogP contribution in [0.5, 0.6) is 0 Å². The van der Waals surface area contributed by atoms with Gasteiger partial charge < -0.3 is 0 Å². The number of fused-ring (bicyclic) bond motifs is 2. The third kappa shape index (κ3) is 1.19. The summed E-state index contributed by atoms with van der Waals surface area (Å²) in [4.78, 5) is 8.66. The largest absolute Gasteiger partial charge is 0.279 e. The van der Waals surface area contributed by atoms with E-state index in [1.165, 1.54) is 0 Å². The Balaban J connectivity index is 2.33. The van der Waals surface area contributed by atoms with Crippen LogP contribution in [-0.2, 0) is 0 Å². The molecule has 0 bridgehead atoms. The van der Waals surface area contributed by atoms with Crippen molar-refractivity contribution in [3.05, 3.63) is 11.1 Å². The normalized spacial score (nSPS) is 15.9. The molecule has 6 heteroatoms. The number of hydrogen-bond donors (Lipinski definition) is 0. The second kappa shape index (κ2) is 3.16. The molecule has 68 valence electrons. The molecule has 0 N–H and O–H groups in total. The minimum absolute atomic E-state index is 0.557. The van der Waals surface area contributed by atoms with Gasteiger partial charge in [0.25, 0.3) is 0 Å². The smallest absolute Gasteiger partial charge is 0.199 e. The zero-order chi connectivity index (χ0) is 11.4. The standard InChI is InChI=1S/C10H6B4N2/c1-3-5-7(15-9(11)13-5)4(2)8-6(3)14-10(12)16-8/h1-2H3. The van der Waals surface area contributed by atoms with Crippen LogP contribution < -0.4 is 10.9 Å². The Kier molecular flexibility index (Phi) is 1.97. The van der Waals surface area contributed by atoms with Crippen molar-refractivity contribution in [2.75, 3.05) is 0 Å². The maximum atomic E-state index is 5.73. The first-order valence-corrected chi connectivity index (χ1v) is 5.13. The van der Waals surface area contributed by atoms with E-state index in [9.17, 15) is 0 Å². The fourth-order valence-electron chi connectivity index (χ4n) is 2.28. The van der Waals surface area contributed by atoms with E-state index in [0.717, 1.165) is 33.4 Å². The van der Waals surface area contributed by atoms with E-state index < -0.39 is 0 Å². The fourth-order valence-corrected chi connectivity index (χ4v) is 2.28. The Bertz CT molecular complexity index is 528. The summed E-state index contributed by atoms with van der Waals surface area (Å²) in [5.41, 5.74) is 7.35.